The number of anilines is 1. The molecular weight excluding hydrogens is 450 g/mol. The van der Waals surface area contributed by atoms with Crippen molar-refractivity contribution in [1.82, 2.24) is 10.6 Å². The van der Waals surface area contributed by atoms with Crippen LogP contribution >= 0.6 is 23.5 Å². The molecule has 2 aromatic rings. The number of carbonyl (C=O) groups is 2. The zero-order chi connectivity index (χ0) is 22.9. The summed E-state index contributed by atoms with van der Waals surface area (Å²) in [6, 6.07) is 11.6. The van der Waals surface area contributed by atoms with Crippen LogP contribution in [0.2, 0.25) is 0 Å². The van der Waals surface area contributed by atoms with Gasteiger partial charge in [0.25, 0.3) is 0 Å². The number of rotatable bonds is 11. The summed E-state index contributed by atoms with van der Waals surface area (Å²) in [4.78, 5) is 25.2. The number of fused-ring (bicyclic) bond motifs is 1. The van der Waals surface area contributed by atoms with Gasteiger partial charge in [-0.1, -0.05) is 12.1 Å². The highest BCUT2D eigenvalue weighted by Gasteiger charge is 2.23. The van der Waals surface area contributed by atoms with Crippen molar-refractivity contribution in [3.63, 3.8) is 0 Å². The van der Waals surface area contributed by atoms with E-state index in [1.807, 2.05) is 30.5 Å². The van der Waals surface area contributed by atoms with Crippen LogP contribution in [0.5, 0.6) is 11.5 Å². The Bertz CT molecular complexity index is 944. The van der Waals surface area contributed by atoms with Crippen LogP contribution in [0.3, 0.4) is 0 Å². The van der Waals surface area contributed by atoms with E-state index in [0.29, 0.717) is 28.5 Å². The molecule has 0 aromatic heterocycles. The second-order valence-electron chi connectivity index (χ2n) is 7.24. The van der Waals surface area contributed by atoms with Crippen molar-refractivity contribution in [2.75, 3.05) is 30.3 Å². The number of carboxylic acids is 1. The lowest BCUT2D eigenvalue weighted by molar-refractivity contribution is -0.137. The summed E-state index contributed by atoms with van der Waals surface area (Å²) in [5.41, 5.74) is 7.18. The van der Waals surface area contributed by atoms with Crippen LogP contribution in [0.4, 0.5) is 10.5 Å². The van der Waals surface area contributed by atoms with Gasteiger partial charge in [-0.2, -0.15) is 11.8 Å². The Morgan fingerprint density at radius 1 is 1.16 bits per heavy atom. The molecule has 1 heterocycles. The fourth-order valence-electron chi connectivity index (χ4n) is 3.20. The number of carboxylic acid groups (broad SMARTS) is 1. The molecule has 0 bridgehead atoms. The van der Waals surface area contributed by atoms with Crippen LogP contribution in [-0.4, -0.2) is 47.7 Å². The first-order valence-electron chi connectivity index (χ1n) is 10.1. The maximum absolute atomic E-state index is 12.8. The molecule has 3 rings (SSSR count). The number of benzene rings is 2. The molecule has 0 unspecified atom stereocenters. The van der Waals surface area contributed by atoms with Crippen molar-refractivity contribution >= 4 is 41.2 Å². The van der Waals surface area contributed by atoms with E-state index >= 15 is 0 Å². The van der Waals surface area contributed by atoms with Crippen molar-refractivity contribution in [2.45, 2.75) is 29.8 Å². The number of aliphatic carboxylic acids is 1. The van der Waals surface area contributed by atoms with E-state index in [2.05, 4.69) is 10.6 Å². The third-order valence-electron chi connectivity index (χ3n) is 4.80. The molecule has 2 atom stereocenters. The van der Waals surface area contributed by atoms with Gasteiger partial charge in [0.1, 0.15) is 0 Å². The van der Waals surface area contributed by atoms with E-state index in [-0.39, 0.29) is 19.3 Å². The zero-order valence-electron chi connectivity index (χ0n) is 17.7. The summed E-state index contributed by atoms with van der Waals surface area (Å²) in [6.45, 7) is 0.123. The number of thioether (sulfide) groups is 2. The summed E-state index contributed by atoms with van der Waals surface area (Å²) < 4.78 is 10.7. The number of nitrogen functional groups attached to an aromatic ring is 1. The molecule has 0 fully saturated rings. The molecule has 10 heteroatoms. The smallest absolute Gasteiger partial charge is 0.315 e. The van der Waals surface area contributed by atoms with Crippen molar-refractivity contribution < 1.29 is 24.2 Å². The molecule has 2 amide bonds. The van der Waals surface area contributed by atoms with Gasteiger partial charge < -0.3 is 30.9 Å². The number of urea groups is 1. The average molecular weight is 478 g/mol. The predicted molar refractivity (Wildman–Crippen MR) is 128 cm³/mol. The van der Waals surface area contributed by atoms with Crippen molar-refractivity contribution in [1.29, 1.82) is 0 Å². The first-order chi connectivity index (χ1) is 15.4. The van der Waals surface area contributed by atoms with Crippen molar-refractivity contribution in [3.05, 3.63) is 48.0 Å². The van der Waals surface area contributed by atoms with Crippen LogP contribution in [0.25, 0.3) is 0 Å². The predicted octanol–water partition coefficient (Wildman–Crippen LogP) is 3.73. The molecule has 0 saturated heterocycles. The number of amides is 2. The van der Waals surface area contributed by atoms with E-state index in [1.54, 1.807) is 41.7 Å². The third kappa shape index (κ3) is 7.16. The number of ether oxygens (including phenoxy) is 2. The molecule has 8 nitrogen and oxygen atoms in total. The molecule has 0 spiro atoms. The lowest BCUT2D eigenvalue weighted by atomic mass is 10.0. The molecule has 0 radical (unpaired) electrons. The van der Waals surface area contributed by atoms with Gasteiger partial charge in [0, 0.05) is 22.4 Å². The van der Waals surface area contributed by atoms with Gasteiger partial charge >= 0.3 is 12.0 Å². The summed E-state index contributed by atoms with van der Waals surface area (Å²) in [5, 5.41) is 15.1. The molecule has 32 heavy (non-hydrogen) atoms. The van der Waals surface area contributed by atoms with Gasteiger partial charge in [0.15, 0.2) is 11.5 Å². The minimum Gasteiger partial charge on any atom is -0.481 e. The fraction of sp³-hybridized carbons (Fsp3) is 0.364. The Morgan fingerprint density at radius 3 is 2.72 bits per heavy atom. The van der Waals surface area contributed by atoms with Crippen LogP contribution in [0.15, 0.2) is 47.4 Å². The molecule has 0 saturated carbocycles. The quantitative estimate of drug-likeness (QED) is 0.285. The second kappa shape index (κ2) is 11.8. The Hall–Kier alpha value is -2.72. The van der Waals surface area contributed by atoms with Crippen molar-refractivity contribution in [2.24, 2.45) is 0 Å². The Balaban J connectivity index is 1.64. The topological polar surface area (TPSA) is 123 Å². The van der Waals surface area contributed by atoms with Gasteiger partial charge in [-0.05, 0) is 54.3 Å². The summed E-state index contributed by atoms with van der Waals surface area (Å²) >= 11 is 3.33. The zero-order valence-corrected chi connectivity index (χ0v) is 19.3. The highest BCUT2D eigenvalue weighted by molar-refractivity contribution is 7.99. The molecule has 1 aliphatic heterocycles. The van der Waals surface area contributed by atoms with E-state index < -0.39 is 18.0 Å². The normalized spacial score (nSPS) is 13.9. The monoisotopic (exact) mass is 477 g/mol. The highest BCUT2D eigenvalue weighted by atomic mass is 32.2. The maximum Gasteiger partial charge on any atom is 0.315 e. The number of carbonyl (C=O) groups excluding carboxylic acids is 1. The third-order valence-corrected chi connectivity index (χ3v) is 6.60. The lowest BCUT2D eigenvalue weighted by Gasteiger charge is -2.22. The molecular formula is C22H27N3O5S2. The second-order valence-corrected chi connectivity index (χ2v) is 9.32. The Kier molecular flexibility index (Phi) is 8.81. The SMILES string of the molecule is CSCC[C@@H](CSc1cccc(N)c1)NC(=O)N[C@@H](CC(=O)O)c1ccc2c(c1)OCO2. The number of hydrogen-bond acceptors (Lipinski definition) is 7. The van der Waals surface area contributed by atoms with Gasteiger partial charge in [-0.3, -0.25) is 4.79 Å². The van der Waals surface area contributed by atoms with Crippen LogP contribution in [0, 0.1) is 0 Å². The van der Waals surface area contributed by atoms with Crippen LogP contribution in [0.1, 0.15) is 24.4 Å². The molecule has 5 N–H and O–H groups in total. The van der Waals surface area contributed by atoms with E-state index in [0.717, 1.165) is 17.1 Å². The van der Waals surface area contributed by atoms with Gasteiger partial charge in [0.05, 0.1) is 12.5 Å². The largest absolute Gasteiger partial charge is 0.481 e. The first-order valence-corrected chi connectivity index (χ1v) is 12.5. The lowest BCUT2D eigenvalue weighted by Crippen LogP contribution is -2.45. The first kappa shape index (κ1) is 23.9. The minimum atomic E-state index is -1.01. The molecule has 1 aliphatic rings. The number of nitrogens with two attached hydrogens (primary N) is 1. The molecule has 2 aromatic carbocycles. The molecule has 0 aliphatic carbocycles. The van der Waals surface area contributed by atoms with E-state index in [4.69, 9.17) is 15.2 Å². The number of nitrogens with one attached hydrogen (secondary N) is 2. The maximum atomic E-state index is 12.8. The Labute approximate surface area is 195 Å². The average Bonchev–Trinajstić information content (AvgIpc) is 3.23. The van der Waals surface area contributed by atoms with Gasteiger partial charge in [-0.15, -0.1) is 11.8 Å². The Morgan fingerprint density at radius 2 is 1.97 bits per heavy atom. The fourth-order valence-corrected chi connectivity index (χ4v) is 4.76. The van der Waals surface area contributed by atoms with Gasteiger partial charge in [0.2, 0.25) is 6.79 Å². The molecule has 172 valence electrons. The van der Waals surface area contributed by atoms with Crippen molar-refractivity contribution in [3.8, 4) is 11.5 Å². The van der Waals surface area contributed by atoms with Gasteiger partial charge in [-0.25, -0.2) is 4.79 Å². The summed E-state index contributed by atoms with van der Waals surface area (Å²) in [5.74, 6) is 1.69. The van der Waals surface area contributed by atoms with E-state index in [9.17, 15) is 14.7 Å². The van der Waals surface area contributed by atoms with Crippen LogP contribution in [-0.2, 0) is 4.79 Å². The highest BCUT2D eigenvalue weighted by Crippen LogP contribution is 2.34. The minimum absolute atomic E-state index is 0.0869. The van der Waals surface area contributed by atoms with E-state index in [1.165, 1.54) is 0 Å². The van der Waals surface area contributed by atoms with Crippen LogP contribution < -0.4 is 25.8 Å². The summed E-state index contributed by atoms with van der Waals surface area (Å²) in [6.07, 6.45) is 2.56. The number of hydrogen-bond donors (Lipinski definition) is 4. The summed E-state index contributed by atoms with van der Waals surface area (Å²) in [7, 11) is 0. The standard InChI is InChI=1S/C22H27N3O5S2/c1-31-8-7-16(12-32-17-4-2-3-15(23)10-17)24-22(28)25-18(11-21(26)27)14-5-6-19-20(9-14)30-13-29-19/h2-6,9-10,16,18H,7-8,11-13,23H2,1H3,(H,26,27)(H2,24,25,28)/t16-,18-/m0/s1.